The van der Waals surface area contributed by atoms with Crippen LogP contribution in [-0.2, 0) is 0 Å². The molecule has 0 amide bonds. The number of benzene rings is 1. The van der Waals surface area contributed by atoms with Crippen LogP contribution in [0.3, 0.4) is 0 Å². The van der Waals surface area contributed by atoms with Crippen LogP contribution < -0.4 is 0 Å². The maximum atomic E-state index is 6.06. The fourth-order valence-electron chi connectivity index (χ4n) is 1.48. The Bertz CT molecular complexity index is 669. The van der Waals surface area contributed by atoms with Crippen molar-refractivity contribution in [1.82, 2.24) is 20.2 Å². The first kappa shape index (κ1) is 10.9. The van der Waals surface area contributed by atoms with Gasteiger partial charge in [0, 0.05) is 12.4 Å². The number of rotatable bonds is 2. The second-order valence-corrected chi connectivity index (χ2v) is 3.89. The normalized spacial score (nSPS) is 10.5. The summed E-state index contributed by atoms with van der Waals surface area (Å²) in [6.45, 7) is 0. The lowest BCUT2D eigenvalue weighted by molar-refractivity contribution is 0.582. The monoisotopic (exact) mass is 258 g/mol. The molecule has 0 aliphatic rings. The zero-order chi connectivity index (χ0) is 12.4. The van der Waals surface area contributed by atoms with Gasteiger partial charge in [0.05, 0.1) is 16.8 Å². The van der Waals surface area contributed by atoms with Crippen molar-refractivity contribution in [2.75, 3.05) is 0 Å². The van der Waals surface area contributed by atoms with Crippen molar-refractivity contribution in [2.24, 2.45) is 0 Å². The van der Waals surface area contributed by atoms with Crippen LogP contribution in [0.4, 0.5) is 0 Å². The van der Waals surface area contributed by atoms with Crippen LogP contribution in [0.2, 0.25) is 5.02 Å². The molecule has 0 aliphatic carbocycles. The average Bonchev–Trinajstić information content (AvgIpc) is 2.90. The predicted octanol–water partition coefficient (Wildman–Crippen LogP) is 2.85. The lowest BCUT2D eigenvalue weighted by Gasteiger charge is -1.96. The summed E-state index contributed by atoms with van der Waals surface area (Å²) in [6, 6.07) is 7.28. The van der Waals surface area contributed by atoms with Gasteiger partial charge in [-0.2, -0.15) is 0 Å². The van der Waals surface area contributed by atoms with E-state index < -0.39 is 0 Å². The third-order valence-corrected chi connectivity index (χ3v) is 2.64. The van der Waals surface area contributed by atoms with Crippen molar-refractivity contribution in [1.29, 1.82) is 0 Å². The molecule has 0 unspecified atom stereocenters. The Morgan fingerprint density at radius 3 is 2.61 bits per heavy atom. The quantitative estimate of drug-likeness (QED) is 0.707. The molecule has 6 heteroatoms. The number of halogens is 1. The second-order valence-electron chi connectivity index (χ2n) is 3.48. The van der Waals surface area contributed by atoms with Crippen LogP contribution in [0.5, 0.6) is 0 Å². The van der Waals surface area contributed by atoms with E-state index in [2.05, 4.69) is 20.2 Å². The molecule has 0 fully saturated rings. The van der Waals surface area contributed by atoms with Gasteiger partial charge in [0.25, 0.3) is 5.89 Å². The van der Waals surface area contributed by atoms with E-state index in [1.54, 1.807) is 24.7 Å². The van der Waals surface area contributed by atoms with Crippen LogP contribution in [0.15, 0.2) is 47.3 Å². The van der Waals surface area contributed by atoms with Crippen LogP contribution in [0.25, 0.3) is 23.0 Å². The van der Waals surface area contributed by atoms with Crippen LogP contribution in [0.1, 0.15) is 0 Å². The van der Waals surface area contributed by atoms with Gasteiger partial charge in [-0.25, -0.2) is 4.98 Å². The van der Waals surface area contributed by atoms with Crippen LogP contribution in [0, 0.1) is 0 Å². The number of nitrogens with zero attached hydrogens (tertiary/aromatic N) is 4. The maximum Gasteiger partial charge on any atom is 0.268 e. The van der Waals surface area contributed by atoms with Crippen LogP contribution >= 0.6 is 11.6 Å². The first-order valence-corrected chi connectivity index (χ1v) is 5.57. The molecule has 0 N–H and O–H groups in total. The molecule has 5 nitrogen and oxygen atoms in total. The molecule has 2 aromatic heterocycles. The smallest absolute Gasteiger partial charge is 0.268 e. The second kappa shape index (κ2) is 4.54. The van der Waals surface area contributed by atoms with Gasteiger partial charge in [-0.3, -0.25) is 4.98 Å². The molecule has 0 bridgehead atoms. The summed E-state index contributed by atoms with van der Waals surface area (Å²) in [6.07, 6.45) is 4.70. The summed E-state index contributed by atoms with van der Waals surface area (Å²) in [7, 11) is 0. The van der Waals surface area contributed by atoms with Gasteiger partial charge >= 0.3 is 0 Å². The zero-order valence-electron chi connectivity index (χ0n) is 9.12. The summed E-state index contributed by atoms with van der Waals surface area (Å²) < 4.78 is 5.53. The highest BCUT2D eigenvalue weighted by atomic mass is 35.5. The third kappa shape index (κ3) is 1.96. The van der Waals surface area contributed by atoms with E-state index >= 15 is 0 Å². The van der Waals surface area contributed by atoms with Crippen molar-refractivity contribution in [3.05, 3.63) is 47.9 Å². The molecule has 3 aromatic rings. The minimum absolute atomic E-state index is 0.318. The van der Waals surface area contributed by atoms with Crippen LogP contribution in [-0.4, -0.2) is 20.2 Å². The van der Waals surface area contributed by atoms with Crippen molar-refractivity contribution in [3.63, 3.8) is 0 Å². The molecule has 0 spiro atoms. The SMILES string of the molecule is Clc1ccccc1-c1nnc(-c2cnccn2)o1. The minimum atomic E-state index is 0.318. The molecule has 0 saturated heterocycles. The van der Waals surface area contributed by atoms with E-state index in [0.717, 1.165) is 0 Å². The lowest BCUT2D eigenvalue weighted by atomic mass is 10.2. The van der Waals surface area contributed by atoms with Gasteiger partial charge in [0.2, 0.25) is 5.89 Å². The van der Waals surface area contributed by atoms with E-state index in [9.17, 15) is 0 Å². The van der Waals surface area contributed by atoms with E-state index in [1.165, 1.54) is 0 Å². The summed E-state index contributed by atoms with van der Waals surface area (Å²) >= 11 is 6.06. The van der Waals surface area contributed by atoms with E-state index in [0.29, 0.717) is 28.1 Å². The molecule has 2 heterocycles. The Morgan fingerprint density at radius 2 is 1.83 bits per heavy atom. The number of hydrogen-bond acceptors (Lipinski definition) is 5. The molecule has 18 heavy (non-hydrogen) atoms. The molecule has 0 aliphatic heterocycles. The summed E-state index contributed by atoms with van der Waals surface area (Å²) in [4.78, 5) is 8.03. The Balaban J connectivity index is 2.03. The molecular formula is C12H7ClN4O. The lowest BCUT2D eigenvalue weighted by Crippen LogP contribution is -1.83. The molecule has 1 aromatic carbocycles. The van der Waals surface area contributed by atoms with Gasteiger partial charge in [0.1, 0.15) is 5.69 Å². The molecule has 0 atom stereocenters. The molecule has 0 saturated carbocycles. The Labute approximate surface area is 107 Å². The van der Waals surface area contributed by atoms with Crippen molar-refractivity contribution in [3.8, 4) is 23.0 Å². The number of hydrogen-bond donors (Lipinski definition) is 0. The fourth-order valence-corrected chi connectivity index (χ4v) is 1.70. The Kier molecular flexibility index (Phi) is 2.74. The number of aromatic nitrogens is 4. The highest BCUT2D eigenvalue weighted by Crippen LogP contribution is 2.28. The fraction of sp³-hybridized carbons (Fsp3) is 0. The highest BCUT2D eigenvalue weighted by Gasteiger charge is 2.13. The summed E-state index contributed by atoms with van der Waals surface area (Å²) in [5, 5.41) is 8.44. The third-order valence-electron chi connectivity index (χ3n) is 2.31. The zero-order valence-corrected chi connectivity index (χ0v) is 9.87. The predicted molar refractivity (Wildman–Crippen MR) is 65.8 cm³/mol. The largest absolute Gasteiger partial charge is 0.414 e. The van der Waals surface area contributed by atoms with Gasteiger partial charge in [-0.15, -0.1) is 10.2 Å². The standard InChI is InChI=1S/C12H7ClN4O/c13-9-4-2-1-3-8(9)11-16-17-12(18-11)10-7-14-5-6-15-10/h1-7H. The van der Waals surface area contributed by atoms with Crippen molar-refractivity contribution >= 4 is 11.6 Å². The Morgan fingerprint density at radius 1 is 1.00 bits per heavy atom. The van der Waals surface area contributed by atoms with E-state index in [1.807, 2.05) is 18.2 Å². The van der Waals surface area contributed by atoms with Gasteiger partial charge in [0.15, 0.2) is 0 Å². The average molecular weight is 259 g/mol. The maximum absolute atomic E-state index is 6.06. The molecule has 0 radical (unpaired) electrons. The first-order valence-electron chi connectivity index (χ1n) is 5.19. The first-order chi connectivity index (χ1) is 8.84. The van der Waals surface area contributed by atoms with Gasteiger partial charge in [-0.05, 0) is 12.1 Å². The van der Waals surface area contributed by atoms with Gasteiger partial charge < -0.3 is 4.42 Å². The molecule has 3 rings (SSSR count). The van der Waals surface area contributed by atoms with E-state index in [-0.39, 0.29) is 0 Å². The van der Waals surface area contributed by atoms with E-state index in [4.69, 9.17) is 16.0 Å². The molecule has 88 valence electrons. The topological polar surface area (TPSA) is 64.7 Å². The van der Waals surface area contributed by atoms with Gasteiger partial charge in [-0.1, -0.05) is 23.7 Å². The minimum Gasteiger partial charge on any atom is -0.414 e. The Hall–Kier alpha value is -2.27. The highest BCUT2D eigenvalue weighted by molar-refractivity contribution is 6.33. The summed E-state index contributed by atoms with van der Waals surface area (Å²) in [5.41, 5.74) is 1.23. The molecular weight excluding hydrogens is 252 g/mol. The van der Waals surface area contributed by atoms with Crippen molar-refractivity contribution in [2.45, 2.75) is 0 Å². The summed E-state index contributed by atoms with van der Waals surface area (Å²) in [5.74, 6) is 0.680. The van der Waals surface area contributed by atoms with Crippen molar-refractivity contribution < 1.29 is 4.42 Å².